The summed E-state index contributed by atoms with van der Waals surface area (Å²) in [5, 5.41) is 13.5. The van der Waals surface area contributed by atoms with Crippen LogP contribution in [0.25, 0.3) is 11.5 Å². The Balaban J connectivity index is 2.42. The van der Waals surface area contributed by atoms with Crippen LogP contribution in [0.3, 0.4) is 0 Å². The molecule has 2 rings (SSSR count). The van der Waals surface area contributed by atoms with Crippen molar-refractivity contribution in [2.45, 2.75) is 6.61 Å². The van der Waals surface area contributed by atoms with Gasteiger partial charge in [0.05, 0.1) is 12.3 Å². The number of aryl methyl sites for hydroxylation is 1. The lowest BCUT2D eigenvalue weighted by Gasteiger charge is -1.92. The summed E-state index contributed by atoms with van der Waals surface area (Å²) < 4.78 is 6.79. The Labute approximate surface area is 85.7 Å². The second-order valence-electron chi connectivity index (χ2n) is 2.91. The zero-order valence-electron chi connectivity index (χ0n) is 7.57. The van der Waals surface area contributed by atoms with E-state index in [9.17, 15) is 0 Å². The second-order valence-corrected chi connectivity index (χ2v) is 3.28. The molecule has 5 heteroatoms. The van der Waals surface area contributed by atoms with Gasteiger partial charge in [0.25, 0.3) is 0 Å². The van der Waals surface area contributed by atoms with Crippen molar-refractivity contribution in [1.29, 1.82) is 0 Å². The van der Waals surface area contributed by atoms with Crippen molar-refractivity contribution in [3.8, 4) is 11.5 Å². The molecule has 1 N–H and O–H groups in total. The highest BCUT2D eigenvalue weighted by atomic mass is 35.5. The van der Waals surface area contributed by atoms with E-state index in [2.05, 4.69) is 5.10 Å². The number of hydrogen-bond donors (Lipinski definition) is 1. The number of aromatic nitrogens is 2. The third-order valence-corrected chi connectivity index (χ3v) is 2.17. The Morgan fingerprint density at radius 2 is 2.36 bits per heavy atom. The van der Waals surface area contributed by atoms with Gasteiger partial charge >= 0.3 is 0 Å². The zero-order chi connectivity index (χ0) is 10.1. The normalized spacial score (nSPS) is 10.8. The molecule has 0 fully saturated rings. The zero-order valence-corrected chi connectivity index (χ0v) is 8.32. The van der Waals surface area contributed by atoms with Crippen LogP contribution in [-0.4, -0.2) is 14.9 Å². The third kappa shape index (κ3) is 1.54. The Hall–Kier alpha value is -1.26. The summed E-state index contributed by atoms with van der Waals surface area (Å²) in [5.74, 6) is 0.602. The molecule has 2 aromatic rings. The van der Waals surface area contributed by atoms with Gasteiger partial charge in [0, 0.05) is 7.05 Å². The smallest absolute Gasteiger partial charge is 0.194 e. The van der Waals surface area contributed by atoms with Crippen LogP contribution in [0.5, 0.6) is 0 Å². The van der Waals surface area contributed by atoms with Crippen LogP contribution in [-0.2, 0) is 13.7 Å². The Bertz CT molecular complexity index is 447. The van der Waals surface area contributed by atoms with Crippen molar-refractivity contribution >= 4 is 11.6 Å². The second kappa shape index (κ2) is 3.48. The van der Waals surface area contributed by atoms with Gasteiger partial charge in [0.1, 0.15) is 5.69 Å². The summed E-state index contributed by atoms with van der Waals surface area (Å²) in [6.07, 6.45) is 0. The van der Waals surface area contributed by atoms with Gasteiger partial charge in [-0.25, -0.2) is 0 Å². The van der Waals surface area contributed by atoms with Crippen LogP contribution in [0.4, 0.5) is 0 Å². The molecule has 0 atom stereocenters. The fourth-order valence-corrected chi connectivity index (χ4v) is 1.37. The van der Waals surface area contributed by atoms with E-state index in [1.54, 1.807) is 29.9 Å². The van der Waals surface area contributed by atoms with E-state index >= 15 is 0 Å². The van der Waals surface area contributed by atoms with Crippen LogP contribution in [0.2, 0.25) is 5.22 Å². The first-order valence-electron chi connectivity index (χ1n) is 4.10. The number of halogens is 1. The van der Waals surface area contributed by atoms with E-state index in [0.717, 1.165) is 5.69 Å². The lowest BCUT2D eigenvalue weighted by atomic mass is 10.3. The number of hydrogen-bond acceptors (Lipinski definition) is 3. The van der Waals surface area contributed by atoms with E-state index in [-0.39, 0.29) is 6.61 Å². The van der Waals surface area contributed by atoms with Crippen molar-refractivity contribution in [3.63, 3.8) is 0 Å². The highest BCUT2D eigenvalue weighted by molar-refractivity contribution is 6.28. The average molecular weight is 213 g/mol. The SMILES string of the molecule is Cn1nc(-c2ccc(Cl)o2)cc1CO. The van der Waals surface area contributed by atoms with Gasteiger partial charge in [-0.1, -0.05) is 0 Å². The molecule has 0 aliphatic rings. The Kier molecular flexibility index (Phi) is 2.31. The van der Waals surface area contributed by atoms with E-state index in [1.807, 2.05) is 0 Å². The maximum atomic E-state index is 8.97. The Morgan fingerprint density at radius 1 is 1.57 bits per heavy atom. The summed E-state index contributed by atoms with van der Waals surface area (Å²) >= 11 is 5.64. The van der Waals surface area contributed by atoms with Crippen molar-refractivity contribution < 1.29 is 9.52 Å². The van der Waals surface area contributed by atoms with Gasteiger partial charge in [-0.3, -0.25) is 4.68 Å². The number of furan rings is 1. The summed E-state index contributed by atoms with van der Waals surface area (Å²) in [5.41, 5.74) is 1.40. The van der Waals surface area contributed by atoms with Crippen molar-refractivity contribution in [3.05, 3.63) is 29.1 Å². The van der Waals surface area contributed by atoms with Crippen LogP contribution >= 0.6 is 11.6 Å². The van der Waals surface area contributed by atoms with Crippen LogP contribution < -0.4 is 0 Å². The topological polar surface area (TPSA) is 51.2 Å². The maximum Gasteiger partial charge on any atom is 0.194 e. The molecule has 4 nitrogen and oxygen atoms in total. The van der Waals surface area contributed by atoms with Crippen molar-refractivity contribution in [2.75, 3.05) is 0 Å². The molecular formula is C9H9ClN2O2. The minimum absolute atomic E-state index is 0.0437. The molecule has 2 aromatic heterocycles. The van der Waals surface area contributed by atoms with E-state index < -0.39 is 0 Å². The molecule has 0 unspecified atom stereocenters. The molecule has 2 heterocycles. The number of aliphatic hydroxyl groups is 1. The van der Waals surface area contributed by atoms with Gasteiger partial charge in [-0.2, -0.15) is 5.10 Å². The predicted octanol–water partition coefficient (Wildman–Crippen LogP) is 1.83. The first kappa shape index (κ1) is 9.30. The van der Waals surface area contributed by atoms with Gasteiger partial charge in [-0.05, 0) is 29.8 Å². The van der Waals surface area contributed by atoms with Crippen LogP contribution in [0, 0.1) is 0 Å². The average Bonchev–Trinajstić information content (AvgIpc) is 2.71. The van der Waals surface area contributed by atoms with E-state index in [1.165, 1.54) is 0 Å². The fourth-order valence-electron chi connectivity index (χ4n) is 1.23. The van der Waals surface area contributed by atoms with Crippen molar-refractivity contribution in [2.24, 2.45) is 7.05 Å². The first-order chi connectivity index (χ1) is 6.70. The van der Waals surface area contributed by atoms with E-state index in [4.69, 9.17) is 21.1 Å². The van der Waals surface area contributed by atoms with Crippen molar-refractivity contribution in [1.82, 2.24) is 9.78 Å². The molecular weight excluding hydrogens is 204 g/mol. The predicted molar refractivity (Wildman–Crippen MR) is 51.8 cm³/mol. The molecule has 14 heavy (non-hydrogen) atoms. The summed E-state index contributed by atoms with van der Waals surface area (Å²) in [6.45, 7) is -0.0437. The van der Waals surface area contributed by atoms with Gasteiger partial charge in [-0.15, -0.1) is 0 Å². The minimum atomic E-state index is -0.0437. The summed E-state index contributed by atoms with van der Waals surface area (Å²) in [6, 6.07) is 5.16. The molecule has 0 bridgehead atoms. The lowest BCUT2D eigenvalue weighted by molar-refractivity contribution is 0.270. The number of rotatable bonds is 2. The van der Waals surface area contributed by atoms with Gasteiger partial charge < -0.3 is 9.52 Å². The molecule has 0 spiro atoms. The van der Waals surface area contributed by atoms with E-state index in [0.29, 0.717) is 16.7 Å². The number of nitrogens with zero attached hydrogens (tertiary/aromatic N) is 2. The molecule has 0 saturated heterocycles. The lowest BCUT2D eigenvalue weighted by Crippen LogP contribution is -1.96. The third-order valence-electron chi connectivity index (χ3n) is 1.96. The highest BCUT2D eigenvalue weighted by Gasteiger charge is 2.09. The number of aliphatic hydroxyl groups excluding tert-OH is 1. The largest absolute Gasteiger partial charge is 0.443 e. The highest BCUT2D eigenvalue weighted by Crippen LogP contribution is 2.23. The standard InChI is InChI=1S/C9H9ClN2O2/c1-12-6(5-13)4-7(11-12)8-2-3-9(10)14-8/h2-4,13H,5H2,1H3. The van der Waals surface area contributed by atoms with Crippen LogP contribution in [0.1, 0.15) is 5.69 Å². The quantitative estimate of drug-likeness (QED) is 0.826. The monoisotopic (exact) mass is 212 g/mol. The molecule has 0 amide bonds. The van der Waals surface area contributed by atoms with Gasteiger partial charge in [0.2, 0.25) is 0 Å². The maximum absolute atomic E-state index is 8.97. The van der Waals surface area contributed by atoms with Crippen LogP contribution in [0.15, 0.2) is 22.6 Å². The summed E-state index contributed by atoms with van der Waals surface area (Å²) in [4.78, 5) is 0. The molecule has 0 radical (unpaired) electrons. The Morgan fingerprint density at radius 3 is 2.86 bits per heavy atom. The fraction of sp³-hybridized carbons (Fsp3) is 0.222. The molecule has 74 valence electrons. The first-order valence-corrected chi connectivity index (χ1v) is 4.48. The molecule has 0 aliphatic carbocycles. The molecule has 0 aliphatic heterocycles. The minimum Gasteiger partial charge on any atom is -0.443 e. The summed E-state index contributed by atoms with van der Waals surface area (Å²) in [7, 11) is 1.76. The molecule has 0 aromatic carbocycles. The van der Waals surface area contributed by atoms with Gasteiger partial charge in [0.15, 0.2) is 11.0 Å². The molecule has 0 saturated carbocycles.